The molecule has 132 valence electrons. The van der Waals surface area contributed by atoms with Crippen molar-refractivity contribution in [2.24, 2.45) is 5.41 Å². The number of rotatable bonds is 4. The second-order valence-corrected chi connectivity index (χ2v) is 6.09. The Hall–Kier alpha value is -1.63. The minimum atomic E-state index is -0.333. The molecule has 6 nitrogen and oxygen atoms in total. The number of carbonyl (C=O) groups is 1. The lowest BCUT2D eigenvalue weighted by Gasteiger charge is -2.32. The Kier molecular flexibility index (Phi) is 7.66. The Morgan fingerprint density at radius 2 is 2.25 bits per heavy atom. The molecule has 0 aliphatic carbocycles. The van der Waals surface area contributed by atoms with E-state index in [-0.39, 0.29) is 36.1 Å². The van der Waals surface area contributed by atoms with E-state index in [0.29, 0.717) is 6.54 Å². The van der Waals surface area contributed by atoms with Crippen LogP contribution in [0.2, 0.25) is 0 Å². The van der Waals surface area contributed by atoms with Gasteiger partial charge in [-0.05, 0) is 44.0 Å². The third-order valence-corrected chi connectivity index (χ3v) is 4.14. The maximum atomic E-state index is 12.5. The van der Waals surface area contributed by atoms with Crippen LogP contribution in [0.1, 0.15) is 25.3 Å². The summed E-state index contributed by atoms with van der Waals surface area (Å²) in [6.07, 6.45) is 5.16. The van der Waals surface area contributed by atoms with Gasteiger partial charge in [-0.2, -0.15) is 5.10 Å². The first kappa shape index (κ1) is 20.4. The van der Waals surface area contributed by atoms with Crippen molar-refractivity contribution in [3.8, 4) is 0 Å². The molecule has 1 aromatic carbocycles. The molecule has 1 saturated heterocycles. The first-order valence-electron chi connectivity index (χ1n) is 7.59. The molecule has 8 heteroatoms. The molecule has 1 atom stereocenters. The van der Waals surface area contributed by atoms with Gasteiger partial charge in [0.05, 0.1) is 12.0 Å². The molecule has 2 aromatic rings. The SMILES string of the molecule is CC1(C(=O)Nc2cccc(Cn3cncn3)c2)CCCNC1.Cl.Cl. The number of benzene rings is 1. The summed E-state index contributed by atoms with van der Waals surface area (Å²) in [6.45, 7) is 4.39. The van der Waals surface area contributed by atoms with Gasteiger partial charge in [0.15, 0.2) is 0 Å². The van der Waals surface area contributed by atoms with Gasteiger partial charge in [-0.15, -0.1) is 24.8 Å². The molecule has 24 heavy (non-hydrogen) atoms. The largest absolute Gasteiger partial charge is 0.326 e. The monoisotopic (exact) mass is 371 g/mol. The molecule has 1 fully saturated rings. The average molecular weight is 372 g/mol. The molecule has 0 spiro atoms. The normalized spacial score (nSPS) is 19.7. The fourth-order valence-corrected chi connectivity index (χ4v) is 2.78. The van der Waals surface area contributed by atoms with E-state index in [4.69, 9.17) is 0 Å². The number of hydrogen-bond acceptors (Lipinski definition) is 4. The smallest absolute Gasteiger partial charge is 0.231 e. The zero-order valence-electron chi connectivity index (χ0n) is 13.6. The van der Waals surface area contributed by atoms with Crippen molar-refractivity contribution in [3.05, 3.63) is 42.5 Å². The van der Waals surface area contributed by atoms with E-state index in [1.165, 1.54) is 6.33 Å². The number of nitrogens with one attached hydrogen (secondary N) is 2. The molecule has 0 bridgehead atoms. The van der Waals surface area contributed by atoms with Gasteiger partial charge in [-0.3, -0.25) is 4.79 Å². The summed E-state index contributed by atoms with van der Waals surface area (Å²) in [6, 6.07) is 7.87. The Labute approximate surface area is 154 Å². The quantitative estimate of drug-likeness (QED) is 0.865. The van der Waals surface area contributed by atoms with Gasteiger partial charge >= 0.3 is 0 Å². The Balaban J connectivity index is 0.00000144. The highest BCUT2D eigenvalue weighted by molar-refractivity contribution is 5.95. The lowest BCUT2D eigenvalue weighted by atomic mass is 9.82. The summed E-state index contributed by atoms with van der Waals surface area (Å²) in [5, 5.41) is 10.4. The number of anilines is 1. The average Bonchev–Trinajstić information content (AvgIpc) is 3.01. The number of halogens is 2. The molecule has 1 amide bonds. The third-order valence-electron chi connectivity index (χ3n) is 4.14. The van der Waals surface area contributed by atoms with Gasteiger partial charge in [0.1, 0.15) is 12.7 Å². The molecule has 0 saturated carbocycles. The minimum absolute atomic E-state index is 0. The zero-order valence-corrected chi connectivity index (χ0v) is 15.2. The van der Waals surface area contributed by atoms with Crippen LogP contribution < -0.4 is 10.6 Å². The zero-order chi connectivity index (χ0) is 15.4. The van der Waals surface area contributed by atoms with Gasteiger partial charge in [-0.1, -0.05) is 12.1 Å². The van der Waals surface area contributed by atoms with E-state index < -0.39 is 0 Å². The van der Waals surface area contributed by atoms with E-state index in [1.54, 1.807) is 11.0 Å². The highest BCUT2D eigenvalue weighted by atomic mass is 35.5. The minimum Gasteiger partial charge on any atom is -0.326 e. The van der Waals surface area contributed by atoms with Gasteiger partial charge in [0, 0.05) is 12.2 Å². The highest BCUT2D eigenvalue weighted by Crippen LogP contribution is 2.27. The number of aromatic nitrogens is 3. The lowest BCUT2D eigenvalue weighted by Crippen LogP contribution is -2.46. The number of carbonyl (C=O) groups excluding carboxylic acids is 1. The molecular weight excluding hydrogens is 349 g/mol. The van der Waals surface area contributed by atoms with E-state index in [0.717, 1.165) is 37.2 Å². The lowest BCUT2D eigenvalue weighted by molar-refractivity contribution is -0.125. The summed E-state index contributed by atoms with van der Waals surface area (Å²) in [7, 11) is 0. The highest BCUT2D eigenvalue weighted by Gasteiger charge is 2.34. The maximum Gasteiger partial charge on any atom is 0.231 e. The van der Waals surface area contributed by atoms with Crippen molar-refractivity contribution in [3.63, 3.8) is 0 Å². The predicted molar refractivity (Wildman–Crippen MR) is 98.9 cm³/mol. The van der Waals surface area contributed by atoms with Crippen LogP contribution in [0.3, 0.4) is 0 Å². The number of hydrogen-bond donors (Lipinski definition) is 2. The predicted octanol–water partition coefficient (Wildman–Crippen LogP) is 2.50. The summed E-state index contributed by atoms with van der Waals surface area (Å²) in [4.78, 5) is 16.5. The third kappa shape index (κ3) is 4.93. The van der Waals surface area contributed by atoms with Crippen LogP contribution >= 0.6 is 24.8 Å². The number of piperidine rings is 1. The molecule has 1 aliphatic rings. The molecule has 2 N–H and O–H groups in total. The second-order valence-electron chi connectivity index (χ2n) is 6.09. The van der Waals surface area contributed by atoms with Crippen molar-refractivity contribution in [2.45, 2.75) is 26.3 Å². The first-order valence-corrected chi connectivity index (χ1v) is 7.59. The standard InChI is InChI=1S/C16H21N5O.2ClH/c1-16(6-3-7-17-10-16)15(22)20-14-5-2-4-13(8-14)9-21-12-18-11-19-21;;/h2,4-5,8,11-12,17H,3,6-7,9-10H2,1H3,(H,20,22);2*1H. The molecule has 1 aliphatic heterocycles. The van der Waals surface area contributed by atoms with Crippen molar-refractivity contribution in [1.82, 2.24) is 20.1 Å². The van der Waals surface area contributed by atoms with E-state index in [2.05, 4.69) is 20.7 Å². The van der Waals surface area contributed by atoms with Crippen LogP contribution in [0.25, 0.3) is 0 Å². The topological polar surface area (TPSA) is 71.8 Å². The summed E-state index contributed by atoms with van der Waals surface area (Å²) < 4.78 is 1.76. The fraction of sp³-hybridized carbons (Fsp3) is 0.438. The van der Waals surface area contributed by atoms with Gasteiger partial charge in [-0.25, -0.2) is 9.67 Å². The molecule has 1 unspecified atom stereocenters. The van der Waals surface area contributed by atoms with Crippen molar-refractivity contribution in [1.29, 1.82) is 0 Å². The Bertz CT molecular complexity index is 642. The van der Waals surface area contributed by atoms with Crippen LogP contribution in [0.15, 0.2) is 36.9 Å². The van der Waals surface area contributed by atoms with Crippen molar-refractivity contribution >= 4 is 36.4 Å². The van der Waals surface area contributed by atoms with E-state index >= 15 is 0 Å². The second kappa shape index (κ2) is 9.01. The number of nitrogens with zero attached hydrogens (tertiary/aromatic N) is 3. The summed E-state index contributed by atoms with van der Waals surface area (Å²) in [5.74, 6) is 0.0811. The van der Waals surface area contributed by atoms with Crippen LogP contribution in [0.5, 0.6) is 0 Å². The van der Waals surface area contributed by atoms with Crippen LogP contribution in [0, 0.1) is 5.41 Å². The maximum absolute atomic E-state index is 12.5. The van der Waals surface area contributed by atoms with E-state index in [1.807, 2.05) is 31.2 Å². The molecule has 1 aromatic heterocycles. The summed E-state index contributed by atoms with van der Waals surface area (Å²) in [5.41, 5.74) is 1.57. The molecule has 2 heterocycles. The molecular formula is C16H23Cl2N5O. The van der Waals surface area contributed by atoms with Gasteiger partial charge in [0.25, 0.3) is 0 Å². The Morgan fingerprint density at radius 3 is 2.92 bits per heavy atom. The van der Waals surface area contributed by atoms with Gasteiger partial charge in [0.2, 0.25) is 5.91 Å². The van der Waals surface area contributed by atoms with Crippen molar-refractivity contribution in [2.75, 3.05) is 18.4 Å². The van der Waals surface area contributed by atoms with Crippen LogP contribution in [-0.2, 0) is 11.3 Å². The number of amides is 1. The van der Waals surface area contributed by atoms with E-state index in [9.17, 15) is 4.79 Å². The van der Waals surface area contributed by atoms with Gasteiger partial charge < -0.3 is 10.6 Å². The molecule has 3 rings (SSSR count). The van der Waals surface area contributed by atoms with Crippen LogP contribution in [-0.4, -0.2) is 33.8 Å². The summed E-state index contributed by atoms with van der Waals surface area (Å²) >= 11 is 0. The molecule has 0 radical (unpaired) electrons. The first-order chi connectivity index (χ1) is 10.7. The van der Waals surface area contributed by atoms with Crippen LogP contribution in [0.4, 0.5) is 5.69 Å². The fourth-order valence-electron chi connectivity index (χ4n) is 2.78. The van der Waals surface area contributed by atoms with Crippen molar-refractivity contribution < 1.29 is 4.79 Å². The Morgan fingerprint density at radius 1 is 1.42 bits per heavy atom.